The van der Waals surface area contributed by atoms with E-state index in [1.54, 1.807) is 18.9 Å². The summed E-state index contributed by atoms with van der Waals surface area (Å²) in [6, 6.07) is 20.3. The summed E-state index contributed by atoms with van der Waals surface area (Å²) in [4.78, 5) is 5.85. The maximum absolute atomic E-state index is 5.23. The van der Waals surface area contributed by atoms with Crippen molar-refractivity contribution in [3.05, 3.63) is 60.7 Å². The molecule has 1 heterocycles. The monoisotopic (exact) mass is 267 g/mol. The van der Waals surface area contributed by atoms with Crippen molar-refractivity contribution in [2.24, 2.45) is 0 Å². The van der Waals surface area contributed by atoms with E-state index in [1.807, 2.05) is 42.5 Å². The van der Waals surface area contributed by atoms with E-state index in [0.29, 0.717) is 0 Å². The van der Waals surface area contributed by atoms with E-state index in [2.05, 4.69) is 23.2 Å². The molecule has 0 N–H and O–H groups in total. The summed E-state index contributed by atoms with van der Waals surface area (Å²) >= 11 is 1.66. The molecule has 94 valence electrons. The molecule has 0 unspecified atom stereocenters. The minimum atomic E-state index is 0.835. The topological polar surface area (TPSA) is 22.1 Å². The Morgan fingerprint density at radius 2 is 1.74 bits per heavy atom. The number of rotatable bonds is 3. The van der Waals surface area contributed by atoms with Gasteiger partial charge >= 0.3 is 0 Å². The van der Waals surface area contributed by atoms with E-state index >= 15 is 0 Å². The summed E-state index contributed by atoms with van der Waals surface area (Å²) in [6.45, 7) is 0. The first kappa shape index (κ1) is 12.1. The van der Waals surface area contributed by atoms with Crippen molar-refractivity contribution in [1.82, 2.24) is 4.98 Å². The van der Waals surface area contributed by atoms with E-state index in [0.717, 1.165) is 21.7 Å². The average molecular weight is 267 g/mol. The van der Waals surface area contributed by atoms with Crippen LogP contribution in [0.3, 0.4) is 0 Å². The Morgan fingerprint density at radius 1 is 0.947 bits per heavy atom. The molecular formula is C16H13NOS. The molecule has 3 aromatic rings. The summed E-state index contributed by atoms with van der Waals surface area (Å²) in [5.41, 5.74) is 0.959. The van der Waals surface area contributed by atoms with E-state index in [9.17, 15) is 0 Å². The molecular weight excluding hydrogens is 254 g/mol. The molecule has 0 amide bonds. The fraction of sp³-hybridized carbons (Fsp3) is 0.0625. The first-order valence-corrected chi connectivity index (χ1v) is 6.84. The fourth-order valence-corrected chi connectivity index (χ4v) is 2.69. The van der Waals surface area contributed by atoms with Crippen molar-refractivity contribution < 1.29 is 4.74 Å². The number of ether oxygens (including phenoxy) is 1. The Morgan fingerprint density at radius 3 is 2.53 bits per heavy atom. The highest BCUT2D eigenvalue weighted by atomic mass is 32.2. The van der Waals surface area contributed by atoms with Crippen molar-refractivity contribution >= 4 is 22.7 Å². The normalized spacial score (nSPS) is 10.6. The lowest BCUT2D eigenvalue weighted by molar-refractivity contribution is 0.415. The maximum Gasteiger partial charge on any atom is 0.121 e. The van der Waals surface area contributed by atoms with Crippen LogP contribution in [0.15, 0.2) is 70.6 Å². The van der Waals surface area contributed by atoms with Crippen molar-refractivity contribution in [2.45, 2.75) is 9.92 Å². The van der Waals surface area contributed by atoms with Crippen molar-refractivity contribution in [2.75, 3.05) is 7.11 Å². The molecule has 0 aliphatic rings. The molecule has 2 aromatic carbocycles. The Labute approximate surface area is 116 Å². The minimum Gasteiger partial charge on any atom is -0.497 e. The van der Waals surface area contributed by atoms with Crippen molar-refractivity contribution in [3.8, 4) is 5.75 Å². The number of benzene rings is 2. The van der Waals surface area contributed by atoms with Crippen LogP contribution in [0.2, 0.25) is 0 Å². The Bertz CT molecular complexity index is 697. The number of fused-ring (bicyclic) bond motifs is 1. The van der Waals surface area contributed by atoms with Gasteiger partial charge in [-0.15, -0.1) is 0 Å². The van der Waals surface area contributed by atoms with Crippen LogP contribution in [-0.2, 0) is 0 Å². The molecule has 0 atom stereocenters. The third-order valence-corrected chi connectivity index (χ3v) is 3.78. The highest BCUT2D eigenvalue weighted by Crippen LogP contribution is 2.28. The van der Waals surface area contributed by atoms with Crippen LogP contribution < -0.4 is 4.74 Å². The van der Waals surface area contributed by atoms with Crippen LogP contribution in [-0.4, -0.2) is 12.1 Å². The number of methoxy groups -OCH3 is 1. The zero-order valence-electron chi connectivity index (χ0n) is 10.5. The van der Waals surface area contributed by atoms with E-state index in [1.165, 1.54) is 4.90 Å². The molecule has 2 nitrogen and oxygen atoms in total. The molecule has 1 aromatic heterocycles. The summed E-state index contributed by atoms with van der Waals surface area (Å²) in [7, 11) is 1.67. The molecule has 0 aliphatic carbocycles. The van der Waals surface area contributed by atoms with Gasteiger partial charge < -0.3 is 4.74 Å². The molecule has 0 aliphatic heterocycles. The minimum absolute atomic E-state index is 0.835. The molecule has 0 fully saturated rings. The predicted molar refractivity (Wildman–Crippen MR) is 78.9 cm³/mol. The summed E-state index contributed by atoms with van der Waals surface area (Å²) in [5, 5.41) is 2.12. The number of pyridine rings is 1. The quantitative estimate of drug-likeness (QED) is 0.702. The first-order chi connectivity index (χ1) is 9.35. The van der Waals surface area contributed by atoms with Crippen molar-refractivity contribution in [1.29, 1.82) is 0 Å². The van der Waals surface area contributed by atoms with Gasteiger partial charge in [-0.1, -0.05) is 36.0 Å². The number of aromatic nitrogens is 1. The average Bonchev–Trinajstić information content (AvgIpc) is 2.47. The first-order valence-electron chi connectivity index (χ1n) is 6.03. The van der Waals surface area contributed by atoms with Gasteiger partial charge in [0, 0.05) is 16.3 Å². The maximum atomic E-state index is 5.23. The molecule has 19 heavy (non-hydrogen) atoms. The van der Waals surface area contributed by atoms with Gasteiger partial charge in [-0.25, -0.2) is 4.98 Å². The van der Waals surface area contributed by atoms with Gasteiger partial charge in [0.1, 0.15) is 10.8 Å². The van der Waals surface area contributed by atoms with Gasteiger partial charge in [0.05, 0.1) is 12.6 Å². The van der Waals surface area contributed by atoms with Gasteiger partial charge in [-0.3, -0.25) is 0 Å². The second kappa shape index (κ2) is 5.33. The van der Waals surface area contributed by atoms with E-state index in [-0.39, 0.29) is 0 Å². The van der Waals surface area contributed by atoms with Gasteiger partial charge in [0.25, 0.3) is 0 Å². The third-order valence-electron chi connectivity index (χ3n) is 2.84. The van der Waals surface area contributed by atoms with E-state index in [4.69, 9.17) is 4.74 Å². The molecule has 0 bridgehead atoms. The zero-order chi connectivity index (χ0) is 13.1. The number of hydrogen-bond donors (Lipinski definition) is 0. The smallest absolute Gasteiger partial charge is 0.121 e. The van der Waals surface area contributed by atoms with Gasteiger partial charge in [0.2, 0.25) is 0 Å². The van der Waals surface area contributed by atoms with Crippen LogP contribution in [0.25, 0.3) is 10.9 Å². The van der Waals surface area contributed by atoms with Crippen LogP contribution in [0, 0.1) is 0 Å². The van der Waals surface area contributed by atoms with Crippen LogP contribution >= 0.6 is 11.8 Å². The standard InChI is InChI=1S/C16H13NOS/c1-18-13-9-7-12-8-10-16(17-15(12)11-13)19-14-5-3-2-4-6-14/h2-11H,1H3. The lowest BCUT2D eigenvalue weighted by Crippen LogP contribution is -1.86. The largest absolute Gasteiger partial charge is 0.497 e. The second-order valence-corrected chi connectivity index (χ2v) is 5.22. The Kier molecular flexibility index (Phi) is 3.38. The summed E-state index contributed by atoms with van der Waals surface area (Å²) in [6.07, 6.45) is 0. The summed E-state index contributed by atoms with van der Waals surface area (Å²) < 4.78 is 5.23. The predicted octanol–water partition coefficient (Wildman–Crippen LogP) is 4.39. The molecule has 0 radical (unpaired) electrons. The Hall–Kier alpha value is -2.00. The SMILES string of the molecule is COc1ccc2ccc(Sc3ccccc3)nc2c1. The fourth-order valence-electron chi connectivity index (χ4n) is 1.87. The van der Waals surface area contributed by atoms with Crippen LogP contribution in [0.4, 0.5) is 0 Å². The molecule has 0 saturated heterocycles. The number of nitrogens with zero attached hydrogens (tertiary/aromatic N) is 1. The Balaban J connectivity index is 1.96. The lowest BCUT2D eigenvalue weighted by atomic mass is 10.2. The highest BCUT2D eigenvalue weighted by molar-refractivity contribution is 7.99. The van der Waals surface area contributed by atoms with E-state index < -0.39 is 0 Å². The highest BCUT2D eigenvalue weighted by Gasteiger charge is 2.02. The van der Waals surface area contributed by atoms with Gasteiger partial charge in [-0.05, 0) is 30.3 Å². The van der Waals surface area contributed by atoms with Gasteiger partial charge in [0.15, 0.2) is 0 Å². The summed E-state index contributed by atoms with van der Waals surface area (Å²) in [5.74, 6) is 0.835. The van der Waals surface area contributed by atoms with Crippen molar-refractivity contribution in [3.63, 3.8) is 0 Å². The van der Waals surface area contributed by atoms with Gasteiger partial charge in [-0.2, -0.15) is 0 Å². The molecule has 0 spiro atoms. The zero-order valence-corrected chi connectivity index (χ0v) is 11.4. The molecule has 3 rings (SSSR count). The number of hydrogen-bond acceptors (Lipinski definition) is 3. The molecule has 3 heteroatoms. The van der Waals surface area contributed by atoms with Crippen LogP contribution in [0.5, 0.6) is 5.75 Å². The third kappa shape index (κ3) is 2.71. The lowest BCUT2D eigenvalue weighted by Gasteiger charge is -2.04. The second-order valence-electron chi connectivity index (χ2n) is 4.12. The molecule has 0 saturated carbocycles. The van der Waals surface area contributed by atoms with Crippen LogP contribution in [0.1, 0.15) is 0 Å².